The quantitative estimate of drug-likeness (QED) is 0.488. The Morgan fingerprint density at radius 2 is 1.39 bits per heavy atom. The van der Waals surface area contributed by atoms with Crippen LogP contribution < -0.4 is 10.2 Å². The number of rotatable bonds is 12. The van der Waals surface area contributed by atoms with Crippen LogP contribution in [-0.2, 0) is 9.59 Å². The van der Waals surface area contributed by atoms with E-state index in [2.05, 4.69) is 6.92 Å². The molecule has 0 aliphatic heterocycles. The Balaban J connectivity index is 3.49. The summed E-state index contributed by atoms with van der Waals surface area (Å²) in [5.74, 6) is -3.49. The van der Waals surface area contributed by atoms with Gasteiger partial charge in [0.1, 0.15) is 0 Å². The number of hydrogen-bond acceptors (Lipinski definition) is 4. The molecule has 0 bridgehead atoms. The summed E-state index contributed by atoms with van der Waals surface area (Å²) >= 11 is 0. The maximum atomic E-state index is 10.7. The smallest absolute Gasteiger partial charge is 0.0449 e. The van der Waals surface area contributed by atoms with Crippen LogP contribution in [0.2, 0.25) is 0 Å². The van der Waals surface area contributed by atoms with Crippen molar-refractivity contribution in [2.24, 2.45) is 5.92 Å². The number of carboxylic acids is 2. The van der Waals surface area contributed by atoms with Crippen LogP contribution in [0.5, 0.6) is 0 Å². The van der Waals surface area contributed by atoms with Gasteiger partial charge < -0.3 is 19.8 Å². The van der Waals surface area contributed by atoms with Crippen LogP contribution in [-0.4, -0.2) is 11.9 Å². The molecular weight excluding hydrogens is 232 g/mol. The monoisotopic (exact) mass is 256 g/mol. The SMILES string of the molecule is CCCCCCCCCC[C@@H](CC(=O)[O-])C(=O)[O-]. The minimum absolute atomic E-state index is 0.380. The number of hydrogen-bond donors (Lipinski definition) is 0. The van der Waals surface area contributed by atoms with E-state index in [1.54, 1.807) is 0 Å². The molecule has 18 heavy (non-hydrogen) atoms. The summed E-state index contributed by atoms with van der Waals surface area (Å²) in [4.78, 5) is 21.0. The Morgan fingerprint density at radius 1 is 0.889 bits per heavy atom. The highest BCUT2D eigenvalue weighted by atomic mass is 16.4. The zero-order valence-corrected chi connectivity index (χ0v) is 11.3. The van der Waals surface area contributed by atoms with E-state index in [9.17, 15) is 19.8 Å². The largest absolute Gasteiger partial charge is 0.550 e. The van der Waals surface area contributed by atoms with Gasteiger partial charge in [-0.05, 0) is 12.8 Å². The fourth-order valence-corrected chi connectivity index (χ4v) is 2.03. The number of aliphatic carboxylic acids is 2. The van der Waals surface area contributed by atoms with Gasteiger partial charge in [-0.25, -0.2) is 0 Å². The van der Waals surface area contributed by atoms with Gasteiger partial charge in [-0.15, -0.1) is 0 Å². The number of carbonyl (C=O) groups is 2. The van der Waals surface area contributed by atoms with Crippen molar-refractivity contribution in [2.45, 2.75) is 71.1 Å². The van der Waals surface area contributed by atoms with Crippen LogP contribution in [0.15, 0.2) is 0 Å². The van der Waals surface area contributed by atoms with Gasteiger partial charge in [-0.3, -0.25) is 0 Å². The van der Waals surface area contributed by atoms with Gasteiger partial charge in [0.15, 0.2) is 0 Å². The molecule has 4 nitrogen and oxygen atoms in total. The van der Waals surface area contributed by atoms with Gasteiger partial charge in [-0.1, -0.05) is 58.3 Å². The Morgan fingerprint density at radius 3 is 1.83 bits per heavy atom. The molecule has 0 aliphatic rings. The molecule has 0 fully saturated rings. The molecule has 0 rings (SSSR count). The van der Waals surface area contributed by atoms with E-state index in [0.29, 0.717) is 6.42 Å². The molecule has 4 heteroatoms. The van der Waals surface area contributed by atoms with Gasteiger partial charge in [-0.2, -0.15) is 0 Å². The lowest BCUT2D eigenvalue weighted by atomic mass is 9.97. The van der Waals surface area contributed by atoms with E-state index in [1.807, 2.05) is 0 Å². The first kappa shape index (κ1) is 16.9. The summed E-state index contributed by atoms with van der Waals surface area (Å²) in [5, 5.41) is 21.0. The van der Waals surface area contributed by atoms with E-state index < -0.39 is 24.3 Å². The first-order valence-electron chi connectivity index (χ1n) is 6.98. The third kappa shape index (κ3) is 10.1. The summed E-state index contributed by atoms with van der Waals surface area (Å²) in [6.07, 6.45) is 8.94. The van der Waals surface area contributed by atoms with Crippen molar-refractivity contribution in [2.75, 3.05) is 0 Å². The summed E-state index contributed by atoms with van der Waals surface area (Å²) in [5.41, 5.74) is 0. The van der Waals surface area contributed by atoms with Crippen LogP contribution in [0.1, 0.15) is 71.1 Å². The van der Waals surface area contributed by atoms with Gasteiger partial charge in [0.2, 0.25) is 0 Å². The number of carboxylic acid groups (broad SMARTS) is 2. The van der Waals surface area contributed by atoms with E-state index in [-0.39, 0.29) is 0 Å². The van der Waals surface area contributed by atoms with Crippen LogP contribution in [0.4, 0.5) is 0 Å². The molecule has 0 aromatic heterocycles. The van der Waals surface area contributed by atoms with Crippen molar-refractivity contribution >= 4 is 11.9 Å². The predicted molar refractivity (Wildman–Crippen MR) is 65.3 cm³/mol. The Kier molecular flexibility index (Phi) is 10.4. The number of unbranched alkanes of at least 4 members (excludes halogenated alkanes) is 7. The highest BCUT2D eigenvalue weighted by molar-refractivity contribution is 5.75. The third-order valence-corrected chi connectivity index (χ3v) is 3.15. The second-order valence-corrected chi connectivity index (χ2v) is 4.86. The van der Waals surface area contributed by atoms with Crippen LogP contribution >= 0.6 is 0 Å². The molecule has 1 atom stereocenters. The van der Waals surface area contributed by atoms with E-state index >= 15 is 0 Å². The minimum Gasteiger partial charge on any atom is -0.550 e. The Bertz CT molecular complexity index is 238. The zero-order valence-electron chi connectivity index (χ0n) is 11.3. The molecule has 0 N–H and O–H groups in total. The van der Waals surface area contributed by atoms with E-state index in [0.717, 1.165) is 19.3 Å². The van der Waals surface area contributed by atoms with Crippen molar-refractivity contribution in [3.05, 3.63) is 0 Å². The summed E-state index contributed by atoms with van der Waals surface area (Å²) < 4.78 is 0. The lowest BCUT2D eigenvalue weighted by molar-refractivity contribution is -0.321. The molecule has 0 aromatic rings. The summed E-state index contributed by atoms with van der Waals surface area (Å²) in [7, 11) is 0. The zero-order chi connectivity index (χ0) is 13.8. The van der Waals surface area contributed by atoms with Crippen LogP contribution in [0.3, 0.4) is 0 Å². The molecular formula is C14H24O4-2. The fraction of sp³-hybridized carbons (Fsp3) is 0.857. The molecule has 0 unspecified atom stereocenters. The van der Waals surface area contributed by atoms with Gasteiger partial charge in [0.05, 0.1) is 0 Å². The highest BCUT2D eigenvalue weighted by Crippen LogP contribution is 2.15. The van der Waals surface area contributed by atoms with Gasteiger partial charge >= 0.3 is 0 Å². The predicted octanol–water partition coefficient (Wildman–Crippen LogP) is 1.02. The fourth-order valence-electron chi connectivity index (χ4n) is 2.03. The molecule has 0 radical (unpaired) electrons. The van der Waals surface area contributed by atoms with Crippen LogP contribution in [0, 0.1) is 5.92 Å². The van der Waals surface area contributed by atoms with Crippen molar-refractivity contribution in [3.63, 3.8) is 0 Å². The third-order valence-electron chi connectivity index (χ3n) is 3.15. The van der Waals surface area contributed by atoms with E-state index in [4.69, 9.17) is 0 Å². The summed E-state index contributed by atoms with van der Waals surface area (Å²) in [6, 6.07) is 0. The standard InChI is InChI=1S/C14H26O4/c1-2-3-4-5-6-7-8-9-10-12(14(17)18)11-13(15)16/h12H,2-11H2,1H3,(H,15,16)(H,17,18)/p-2/t12-/m0/s1. The second-order valence-electron chi connectivity index (χ2n) is 4.86. The van der Waals surface area contributed by atoms with Gasteiger partial charge in [0, 0.05) is 17.9 Å². The van der Waals surface area contributed by atoms with Crippen molar-refractivity contribution in [1.29, 1.82) is 0 Å². The first-order chi connectivity index (χ1) is 8.57. The second kappa shape index (κ2) is 11.1. The van der Waals surface area contributed by atoms with Crippen molar-refractivity contribution < 1.29 is 19.8 Å². The molecule has 0 saturated heterocycles. The molecule has 106 valence electrons. The molecule has 0 aliphatic carbocycles. The van der Waals surface area contributed by atoms with Crippen LogP contribution in [0.25, 0.3) is 0 Å². The maximum absolute atomic E-state index is 10.7. The first-order valence-corrected chi connectivity index (χ1v) is 6.98. The normalized spacial score (nSPS) is 12.3. The van der Waals surface area contributed by atoms with E-state index in [1.165, 1.54) is 32.1 Å². The van der Waals surface area contributed by atoms with Gasteiger partial charge in [0.25, 0.3) is 0 Å². The topological polar surface area (TPSA) is 80.3 Å². The number of carbonyl (C=O) groups excluding carboxylic acids is 2. The summed E-state index contributed by atoms with van der Waals surface area (Å²) in [6.45, 7) is 2.18. The lowest BCUT2D eigenvalue weighted by Crippen LogP contribution is -2.36. The van der Waals surface area contributed by atoms with Crippen molar-refractivity contribution in [3.8, 4) is 0 Å². The average Bonchev–Trinajstić information content (AvgIpc) is 2.30. The molecule has 0 heterocycles. The molecule has 0 saturated carbocycles. The highest BCUT2D eigenvalue weighted by Gasteiger charge is 2.09. The molecule has 0 spiro atoms. The molecule has 0 aromatic carbocycles. The Labute approximate surface area is 109 Å². The maximum Gasteiger partial charge on any atom is 0.0449 e. The Hall–Kier alpha value is -1.06. The van der Waals surface area contributed by atoms with Crippen molar-refractivity contribution in [1.82, 2.24) is 0 Å². The molecule has 0 amide bonds. The lowest BCUT2D eigenvalue weighted by Gasteiger charge is -2.18. The minimum atomic E-state index is -1.32. The average molecular weight is 256 g/mol.